The molecule has 2 rings (SSSR count). The summed E-state index contributed by atoms with van der Waals surface area (Å²) in [6.45, 7) is 16.5. The average Bonchev–Trinajstić information content (AvgIpc) is 2.89. The largest absolute Gasteiger partial charge is 3.00 e. The Bertz CT molecular complexity index is 580. The summed E-state index contributed by atoms with van der Waals surface area (Å²) in [4.78, 5) is 0.903. The summed E-state index contributed by atoms with van der Waals surface area (Å²) in [5.74, 6) is 0. The maximum absolute atomic E-state index is 6.39. The summed E-state index contributed by atoms with van der Waals surface area (Å²) in [7, 11) is 0. The third-order valence-corrected chi connectivity index (χ3v) is 5.63. The first kappa shape index (κ1) is 28.8. The van der Waals surface area contributed by atoms with Crippen LogP contribution in [-0.4, -0.2) is 11.5 Å². The van der Waals surface area contributed by atoms with E-state index in [1.807, 2.05) is 11.8 Å². The van der Waals surface area contributed by atoms with Gasteiger partial charge in [0.2, 0.25) is 0 Å². The van der Waals surface area contributed by atoms with Crippen LogP contribution in [0.4, 0.5) is 0 Å². The van der Waals surface area contributed by atoms with Gasteiger partial charge in [-0.2, -0.15) is 11.0 Å². The molecule has 0 aliphatic heterocycles. The van der Waals surface area contributed by atoms with Crippen LogP contribution in [0.5, 0.6) is 0 Å². The topological polar surface area (TPSA) is 9.23 Å². The van der Waals surface area contributed by atoms with Crippen LogP contribution < -0.4 is 24.8 Å². The minimum Gasteiger partial charge on any atom is -1.00 e. The molecule has 0 aromatic heterocycles. The number of hydrogen-bond acceptors (Lipinski definition) is 2. The molecule has 0 saturated heterocycles. The zero-order valence-corrected chi connectivity index (χ0v) is 20.9. The van der Waals surface area contributed by atoms with Crippen molar-refractivity contribution in [1.82, 2.24) is 0 Å². The van der Waals surface area contributed by atoms with Gasteiger partial charge in [0.15, 0.2) is 0 Å². The third-order valence-electron chi connectivity index (χ3n) is 4.29. The van der Waals surface area contributed by atoms with Crippen molar-refractivity contribution in [3.8, 4) is 0 Å². The Morgan fingerprint density at radius 1 is 1.12 bits per heavy atom. The summed E-state index contributed by atoms with van der Waals surface area (Å²) >= 11 is 1.83. The molecule has 145 valence electrons. The van der Waals surface area contributed by atoms with E-state index in [2.05, 4.69) is 78.8 Å². The van der Waals surface area contributed by atoms with E-state index < -0.39 is 0 Å². The molecule has 0 fully saturated rings. The number of halogens is 2. The van der Waals surface area contributed by atoms with Gasteiger partial charge in [-0.15, -0.1) is 18.2 Å². The molecule has 26 heavy (non-hydrogen) atoms. The second kappa shape index (κ2) is 10.9. The van der Waals surface area contributed by atoms with Gasteiger partial charge in [-0.3, -0.25) is 6.08 Å². The predicted molar refractivity (Wildman–Crippen MR) is 102 cm³/mol. The number of ether oxygens (including phenoxy) is 1. The van der Waals surface area contributed by atoms with Crippen molar-refractivity contribution in [2.24, 2.45) is 10.8 Å². The minimum atomic E-state index is -0.307. The summed E-state index contributed by atoms with van der Waals surface area (Å²) < 4.78 is 6.39. The second-order valence-corrected chi connectivity index (χ2v) is 9.66. The molecule has 0 saturated carbocycles. The molecule has 0 aromatic carbocycles. The Balaban J connectivity index is 0. The van der Waals surface area contributed by atoms with E-state index >= 15 is 0 Å². The minimum absolute atomic E-state index is 0. The van der Waals surface area contributed by atoms with Crippen molar-refractivity contribution in [3.05, 3.63) is 46.4 Å². The molecule has 0 amide bonds. The predicted octanol–water partition coefficient (Wildman–Crippen LogP) is 0.454. The van der Waals surface area contributed by atoms with Gasteiger partial charge < -0.3 is 29.6 Å². The summed E-state index contributed by atoms with van der Waals surface area (Å²) in [5, 5.41) is 0. The molecular weight excluding hydrogens is 419 g/mol. The van der Waals surface area contributed by atoms with E-state index in [-0.39, 0.29) is 62.3 Å². The zero-order chi connectivity index (χ0) is 17.3. The Kier molecular flexibility index (Phi) is 12.1. The van der Waals surface area contributed by atoms with Gasteiger partial charge in [-0.1, -0.05) is 53.7 Å². The standard InChI is InChI=1S/C21H31OS.2ClH.Ti/c1-8-22-21(23-17-11-9-10-12-17)14-13-16(19(2,3)4)15-18(21)20(5,6)7;;;/h9,11,13,15H,8,10,14H2,1-7H3;2*1H;/q-1;;;+3/p-2. The van der Waals surface area contributed by atoms with E-state index in [1.54, 1.807) is 0 Å². The van der Waals surface area contributed by atoms with Crippen molar-refractivity contribution < 1.29 is 51.3 Å². The fourth-order valence-corrected chi connectivity index (χ4v) is 4.61. The third kappa shape index (κ3) is 6.87. The van der Waals surface area contributed by atoms with Crippen molar-refractivity contribution in [3.63, 3.8) is 0 Å². The van der Waals surface area contributed by atoms with Crippen molar-refractivity contribution in [2.45, 2.75) is 66.2 Å². The van der Waals surface area contributed by atoms with Gasteiger partial charge in [-0.05, 0) is 28.9 Å². The molecule has 0 heterocycles. The van der Waals surface area contributed by atoms with Gasteiger partial charge in [-0.25, -0.2) is 6.08 Å². The van der Waals surface area contributed by atoms with Crippen LogP contribution in [-0.2, 0) is 26.5 Å². The maximum atomic E-state index is 6.39. The van der Waals surface area contributed by atoms with E-state index in [9.17, 15) is 0 Å². The van der Waals surface area contributed by atoms with Gasteiger partial charge in [0.25, 0.3) is 0 Å². The smallest absolute Gasteiger partial charge is 1.00 e. The van der Waals surface area contributed by atoms with E-state index in [4.69, 9.17) is 4.74 Å². The zero-order valence-electron chi connectivity index (χ0n) is 17.0. The fourth-order valence-electron chi connectivity index (χ4n) is 3.12. The van der Waals surface area contributed by atoms with Crippen molar-refractivity contribution >= 4 is 11.8 Å². The number of thioether (sulfide) groups is 1. The fraction of sp³-hybridized carbons (Fsp3) is 0.619. The number of rotatable bonds is 4. The first-order valence-electron chi connectivity index (χ1n) is 8.62. The number of hydrogen-bond donors (Lipinski definition) is 0. The van der Waals surface area contributed by atoms with Crippen molar-refractivity contribution in [1.29, 1.82) is 0 Å². The molecule has 2 aliphatic rings. The van der Waals surface area contributed by atoms with E-state index in [0.717, 1.165) is 19.4 Å². The van der Waals surface area contributed by atoms with Crippen LogP contribution in [0.15, 0.2) is 40.4 Å². The van der Waals surface area contributed by atoms with Gasteiger partial charge in [0.05, 0.1) is 0 Å². The second-order valence-electron chi connectivity index (χ2n) is 8.36. The van der Waals surface area contributed by atoms with Crippen LogP contribution in [0.2, 0.25) is 0 Å². The van der Waals surface area contributed by atoms with Crippen LogP contribution in [0, 0.1) is 16.9 Å². The molecule has 1 nitrogen and oxygen atoms in total. The first-order chi connectivity index (χ1) is 10.6. The first-order valence-corrected chi connectivity index (χ1v) is 9.44. The normalized spacial score (nSPS) is 22.3. The quantitative estimate of drug-likeness (QED) is 0.350. The molecule has 1 radical (unpaired) electrons. The molecule has 2 aliphatic carbocycles. The van der Waals surface area contributed by atoms with Gasteiger partial charge in [0, 0.05) is 13.0 Å². The summed E-state index contributed by atoms with van der Waals surface area (Å²) in [6.07, 6.45) is 14.4. The maximum Gasteiger partial charge on any atom is 3.00 e. The van der Waals surface area contributed by atoms with Crippen LogP contribution in [0.3, 0.4) is 0 Å². The molecule has 0 aromatic rings. The van der Waals surface area contributed by atoms with Gasteiger partial charge >= 0.3 is 21.7 Å². The average molecular weight is 450 g/mol. The summed E-state index contributed by atoms with van der Waals surface area (Å²) in [6, 6.07) is 0. The van der Waals surface area contributed by atoms with E-state index in [1.165, 1.54) is 16.1 Å². The molecule has 0 spiro atoms. The van der Waals surface area contributed by atoms with Crippen LogP contribution in [0.25, 0.3) is 0 Å². The van der Waals surface area contributed by atoms with E-state index in [0.29, 0.717) is 0 Å². The van der Waals surface area contributed by atoms with Crippen LogP contribution >= 0.6 is 11.8 Å². The Morgan fingerprint density at radius 2 is 1.73 bits per heavy atom. The molecule has 1 unspecified atom stereocenters. The van der Waals surface area contributed by atoms with Gasteiger partial charge in [0.1, 0.15) is 4.93 Å². The number of allylic oxidation sites excluding steroid dienone is 5. The summed E-state index contributed by atoms with van der Waals surface area (Å²) in [5.41, 5.74) is 3.03. The Labute approximate surface area is 192 Å². The monoisotopic (exact) mass is 449 g/mol. The SMILES string of the molecule is CCOC1(SC2=[C-]CC=C2)CC=C(C(C)(C)C)C=C1C(C)(C)C.[Cl-].[Cl-].[Ti+3]. The Morgan fingerprint density at radius 3 is 2.15 bits per heavy atom. The molecule has 5 heteroatoms. The van der Waals surface area contributed by atoms with Crippen molar-refractivity contribution in [2.75, 3.05) is 6.61 Å². The van der Waals surface area contributed by atoms with Crippen LogP contribution in [0.1, 0.15) is 61.3 Å². The molecule has 0 N–H and O–H groups in total. The Hall–Kier alpha value is 0.564. The molecule has 1 atom stereocenters. The molecule has 0 bridgehead atoms. The molecular formula is C21H31Cl2OSTi.